The van der Waals surface area contributed by atoms with Gasteiger partial charge in [0.1, 0.15) is 0 Å². The lowest BCUT2D eigenvalue weighted by Crippen LogP contribution is -2.28. The molecule has 0 bridgehead atoms. The smallest absolute Gasteiger partial charge is 0.0589 e. The van der Waals surface area contributed by atoms with Gasteiger partial charge in [0, 0.05) is 29.2 Å². The average molecular weight is 350 g/mol. The lowest BCUT2D eigenvalue weighted by molar-refractivity contribution is 0.159. The fraction of sp³-hybridized carbons (Fsp3) is 0.571. The summed E-state index contributed by atoms with van der Waals surface area (Å²) in [4.78, 5) is 2.26. The van der Waals surface area contributed by atoms with Crippen molar-refractivity contribution in [3.63, 3.8) is 0 Å². The fourth-order valence-electron chi connectivity index (χ4n) is 1.95. The van der Waals surface area contributed by atoms with Crippen molar-refractivity contribution in [2.24, 2.45) is 0 Å². The highest BCUT2D eigenvalue weighted by molar-refractivity contribution is 9.10. The van der Waals surface area contributed by atoms with Gasteiger partial charge in [-0.15, -0.1) is 0 Å². The van der Waals surface area contributed by atoms with Crippen LogP contribution < -0.4 is 5.32 Å². The van der Waals surface area contributed by atoms with Gasteiger partial charge in [0.25, 0.3) is 0 Å². The van der Waals surface area contributed by atoms with Gasteiger partial charge in [-0.2, -0.15) is 0 Å². The molecule has 19 heavy (non-hydrogen) atoms. The molecular weight excluding hydrogens is 328 g/mol. The normalized spacial score (nSPS) is 12.9. The van der Waals surface area contributed by atoms with E-state index in [1.807, 2.05) is 19.2 Å². The third kappa shape index (κ3) is 5.79. The summed E-state index contributed by atoms with van der Waals surface area (Å²) in [7, 11) is 5.80. The summed E-state index contributed by atoms with van der Waals surface area (Å²) in [5.74, 6) is 0. The van der Waals surface area contributed by atoms with Crippen LogP contribution >= 0.6 is 27.5 Å². The molecule has 0 saturated carbocycles. The summed E-state index contributed by atoms with van der Waals surface area (Å²) >= 11 is 9.73. The number of halogens is 2. The minimum atomic E-state index is 0.269. The first kappa shape index (κ1) is 16.9. The zero-order valence-electron chi connectivity index (χ0n) is 11.7. The van der Waals surface area contributed by atoms with Crippen LogP contribution in [-0.2, 0) is 4.74 Å². The molecule has 0 fully saturated rings. The molecule has 1 N–H and O–H groups in total. The van der Waals surface area contributed by atoms with Crippen LogP contribution in [0.25, 0.3) is 0 Å². The van der Waals surface area contributed by atoms with E-state index in [4.69, 9.17) is 16.3 Å². The average Bonchev–Trinajstić information content (AvgIpc) is 2.38. The number of hydrogen-bond acceptors (Lipinski definition) is 3. The fourth-order valence-corrected chi connectivity index (χ4v) is 2.75. The zero-order chi connectivity index (χ0) is 14.3. The lowest BCUT2D eigenvalue weighted by atomic mass is 10.0. The summed E-state index contributed by atoms with van der Waals surface area (Å²) in [5.41, 5.74) is 1.15. The van der Waals surface area contributed by atoms with Crippen molar-refractivity contribution in [3.05, 3.63) is 33.3 Å². The van der Waals surface area contributed by atoms with Gasteiger partial charge in [-0.1, -0.05) is 33.6 Å². The number of methoxy groups -OCH3 is 1. The molecule has 1 aromatic rings. The Morgan fingerprint density at radius 2 is 2.16 bits per heavy atom. The third-order valence-corrected chi connectivity index (χ3v) is 3.98. The van der Waals surface area contributed by atoms with Crippen LogP contribution in [0.2, 0.25) is 5.02 Å². The van der Waals surface area contributed by atoms with E-state index in [9.17, 15) is 0 Å². The van der Waals surface area contributed by atoms with E-state index < -0.39 is 0 Å². The van der Waals surface area contributed by atoms with E-state index in [0.717, 1.165) is 41.2 Å². The van der Waals surface area contributed by atoms with Crippen molar-refractivity contribution >= 4 is 27.5 Å². The highest BCUT2D eigenvalue weighted by atomic mass is 79.9. The van der Waals surface area contributed by atoms with Crippen LogP contribution in [0.1, 0.15) is 18.0 Å². The van der Waals surface area contributed by atoms with Crippen LogP contribution in [-0.4, -0.2) is 45.8 Å². The molecule has 3 nitrogen and oxygen atoms in total. The number of nitrogens with one attached hydrogen (secondary N) is 1. The van der Waals surface area contributed by atoms with Crippen LogP contribution in [0, 0.1) is 0 Å². The van der Waals surface area contributed by atoms with Crippen LogP contribution in [0.15, 0.2) is 22.7 Å². The Hall–Kier alpha value is -0.130. The van der Waals surface area contributed by atoms with Crippen molar-refractivity contribution in [2.45, 2.75) is 12.5 Å². The molecule has 1 rings (SSSR count). The Kier molecular flexibility index (Phi) is 7.95. The van der Waals surface area contributed by atoms with Crippen LogP contribution in [0.5, 0.6) is 0 Å². The SMILES string of the molecule is CNC(CCN(C)CCOC)c1ccc(Br)cc1Cl. The van der Waals surface area contributed by atoms with Gasteiger partial charge in [-0.05, 0) is 44.8 Å². The molecule has 0 aliphatic heterocycles. The van der Waals surface area contributed by atoms with E-state index >= 15 is 0 Å². The number of rotatable bonds is 8. The van der Waals surface area contributed by atoms with Crippen molar-refractivity contribution in [2.75, 3.05) is 40.9 Å². The van der Waals surface area contributed by atoms with Crippen molar-refractivity contribution in [1.29, 1.82) is 0 Å². The third-order valence-electron chi connectivity index (χ3n) is 3.16. The molecule has 0 aliphatic rings. The molecule has 1 aromatic carbocycles. The minimum absolute atomic E-state index is 0.269. The van der Waals surface area contributed by atoms with Gasteiger partial charge in [0.2, 0.25) is 0 Å². The molecule has 0 amide bonds. The second kappa shape index (κ2) is 8.93. The zero-order valence-corrected chi connectivity index (χ0v) is 14.1. The first-order valence-corrected chi connectivity index (χ1v) is 7.55. The minimum Gasteiger partial charge on any atom is -0.383 e. The molecule has 0 heterocycles. The summed E-state index contributed by atoms with van der Waals surface area (Å²) in [6.07, 6.45) is 1.01. The summed E-state index contributed by atoms with van der Waals surface area (Å²) in [6.45, 7) is 2.71. The van der Waals surface area contributed by atoms with Gasteiger partial charge in [-0.3, -0.25) is 0 Å². The van der Waals surface area contributed by atoms with Crippen molar-refractivity contribution in [1.82, 2.24) is 10.2 Å². The Morgan fingerprint density at radius 3 is 2.74 bits per heavy atom. The molecule has 5 heteroatoms. The first-order valence-electron chi connectivity index (χ1n) is 6.38. The maximum atomic E-state index is 6.30. The van der Waals surface area contributed by atoms with E-state index in [1.54, 1.807) is 7.11 Å². The molecule has 1 atom stereocenters. The van der Waals surface area contributed by atoms with Gasteiger partial charge < -0.3 is 15.0 Å². The molecule has 0 radical (unpaired) electrons. The maximum Gasteiger partial charge on any atom is 0.0589 e. The number of ether oxygens (including phenoxy) is 1. The summed E-state index contributed by atoms with van der Waals surface area (Å²) < 4.78 is 6.09. The molecule has 108 valence electrons. The highest BCUT2D eigenvalue weighted by Crippen LogP contribution is 2.28. The molecule has 0 saturated heterocycles. The van der Waals surface area contributed by atoms with Gasteiger partial charge in [-0.25, -0.2) is 0 Å². The Labute approximate surface area is 129 Å². The van der Waals surface area contributed by atoms with Crippen molar-refractivity contribution < 1.29 is 4.74 Å². The molecule has 0 aromatic heterocycles. The number of likely N-dealkylation sites (N-methyl/N-ethyl adjacent to an activating group) is 1. The summed E-state index contributed by atoms with van der Waals surface area (Å²) in [6, 6.07) is 6.31. The highest BCUT2D eigenvalue weighted by Gasteiger charge is 2.13. The Balaban J connectivity index is 2.58. The lowest BCUT2D eigenvalue weighted by Gasteiger charge is -2.22. The summed E-state index contributed by atoms with van der Waals surface area (Å²) in [5, 5.41) is 4.13. The first-order chi connectivity index (χ1) is 9.08. The second-order valence-corrected chi connectivity index (χ2v) is 5.91. The second-order valence-electron chi connectivity index (χ2n) is 4.59. The Bertz CT molecular complexity index is 390. The molecule has 0 aliphatic carbocycles. The molecular formula is C14H22BrClN2O. The van der Waals surface area contributed by atoms with Gasteiger partial charge in [0.05, 0.1) is 6.61 Å². The van der Waals surface area contributed by atoms with E-state index in [1.165, 1.54) is 0 Å². The number of nitrogens with zero attached hydrogens (tertiary/aromatic N) is 1. The predicted molar refractivity (Wildman–Crippen MR) is 84.9 cm³/mol. The van der Waals surface area contributed by atoms with E-state index in [0.29, 0.717) is 0 Å². The standard InChI is InChI=1S/C14H22BrClN2O/c1-17-14(6-7-18(2)8-9-19-3)12-5-4-11(15)10-13(12)16/h4-5,10,14,17H,6-9H2,1-3H3. The topological polar surface area (TPSA) is 24.5 Å². The monoisotopic (exact) mass is 348 g/mol. The van der Waals surface area contributed by atoms with Crippen LogP contribution in [0.4, 0.5) is 0 Å². The number of hydrogen-bond donors (Lipinski definition) is 1. The van der Waals surface area contributed by atoms with E-state index in [-0.39, 0.29) is 6.04 Å². The maximum absolute atomic E-state index is 6.30. The quantitative estimate of drug-likeness (QED) is 0.779. The molecule has 1 unspecified atom stereocenters. The largest absolute Gasteiger partial charge is 0.383 e. The molecule has 0 spiro atoms. The van der Waals surface area contributed by atoms with Crippen molar-refractivity contribution in [3.8, 4) is 0 Å². The predicted octanol–water partition coefficient (Wildman–Crippen LogP) is 3.33. The van der Waals surface area contributed by atoms with Gasteiger partial charge >= 0.3 is 0 Å². The van der Waals surface area contributed by atoms with Crippen LogP contribution in [0.3, 0.4) is 0 Å². The number of benzene rings is 1. The Morgan fingerprint density at radius 1 is 1.42 bits per heavy atom. The van der Waals surface area contributed by atoms with E-state index in [2.05, 4.69) is 39.3 Å². The van der Waals surface area contributed by atoms with Gasteiger partial charge in [0.15, 0.2) is 0 Å².